The number of hydrogen-bond acceptors (Lipinski definition) is 7. The Morgan fingerprint density at radius 3 is 2.54 bits per heavy atom. The first-order chi connectivity index (χ1) is 17.4. The van der Waals surface area contributed by atoms with Crippen LogP contribution < -0.4 is 0 Å². The van der Waals surface area contributed by atoms with E-state index in [0.29, 0.717) is 25.3 Å². The molecule has 4 rings (SSSR count). The number of aliphatic imine (C=N–C) groups is 1. The largest absolute Gasteiger partial charge is 0.447 e. The fraction of sp³-hybridized carbons (Fsp3) is 0.769. The van der Waals surface area contributed by atoms with E-state index in [-0.39, 0.29) is 41.5 Å². The van der Waals surface area contributed by atoms with E-state index in [2.05, 4.69) is 18.9 Å². The third-order valence-electron chi connectivity index (χ3n) is 8.44. The summed E-state index contributed by atoms with van der Waals surface area (Å²) in [4.78, 5) is 34.6. The number of sulfone groups is 1. The molecule has 0 spiro atoms. The smallest absolute Gasteiger partial charge is 0.410 e. The molecule has 0 N–H and O–H groups in total. The first-order valence-corrected chi connectivity index (χ1v) is 15.3. The van der Waals surface area contributed by atoms with Gasteiger partial charge in [0.15, 0.2) is 9.84 Å². The molecule has 3 aliphatic heterocycles. The number of ether oxygens (including phenoxy) is 1. The average molecular weight is 536 g/mol. The van der Waals surface area contributed by atoms with Crippen LogP contribution in [0.15, 0.2) is 17.4 Å². The van der Waals surface area contributed by atoms with Gasteiger partial charge in [0.05, 0.1) is 41.9 Å². The van der Waals surface area contributed by atoms with Gasteiger partial charge in [-0.1, -0.05) is 13.8 Å². The number of carbonyl (C=O) groups excluding carboxylic acids is 2. The zero-order chi connectivity index (χ0) is 27.1. The Bertz CT molecular complexity index is 1160. The molecule has 0 aromatic carbocycles. The predicted octanol–water partition coefficient (Wildman–Crippen LogP) is 3.40. The zero-order valence-electron chi connectivity index (χ0n) is 22.9. The van der Waals surface area contributed by atoms with Crippen molar-refractivity contribution >= 4 is 27.7 Å². The minimum atomic E-state index is -3.07. The van der Waals surface area contributed by atoms with Crippen molar-refractivity contribution in [1.82, 2.24) is 19.6 Å². The summed E-state index contributed by atoms with van der Waals surface area (Å²) in [7, 11) is -3.07. The Labute approximate surface area is 220 Å². The molecule has 206 valence electrons. The van der Waals surface area contributed by atoms with Crippen LogP contribution in [0, 0.1) is 5.41 Å². The van der Waals surface area contributed by atoms with Crippen LogP contribution in [0.25, 0.3) is 0 Å². The molecule has 0 saturated carbocycles. The second-order valence-corrected chi connectivity index (χ2v) is 13.3. The highest BCUT2D eigenvalue weighted by Gasteiger charge is 2.56. The standard InChI is InChI=1S/C26H41N5O5S/c1-7-26(8-2)22(20-12-28-30(15-20)21-10-9-11-37(34,35)16-21)13-27-24-23(26)29(25(33)36-17(3)4)14-18(5)31(24)19(6)32/h12,15,17-18,21-23H,7-11,13-14,16H2,1-6H3/t18-,21?,22?,23?/m0/s1. The van der Waals surface area contributed by atoms with Crippen molar-refractivity contribution in [2.24, 2.45) is 10.4 Å². The van der Waals surface area contributed by atoms with Gasteiger partial charge in [-0.05, 0) is 52.0 Å². The van der Waals surface area contributed by atoms with Crippen LogP contribution in [-0.4, -0.2) is 88.6 Å². The molecule has 0 aliphatic carbocycles. The molecule has 2 fully saturated rings. The van der Waals surface area contributed by atoms with E-state index in [1.54, 1.807) is 21.4 Å². The number of nitrogens with zero attached hydrogens (tertiary/aromatic N) is 5. The van der Waals surface area contributed by atoms with E-state index in [4.69, 9.17) is 9.73 Å². The number of rotatable bonds is 5. The second-order valence-electron chi connectivity index (χ2n) is 11.1. The topological polar surface area (TPSA) is 114 Å². The molecule has 1 aromatic rings. The van der Waals surface area contributed by atoms with Crippen LogP contribution in [-0.2, 0) is 19.4 Å². The van der Waals surface area contributed by atoms with Gasteiger partial charge in [-0.15, -0.1) is 0 Å². The summed E-state index contributed by atoms with van der Waals surface area (Å²) >= 11 is 0. The second kappa shape index (κ2) is 10.4. The summed E-state index contributed by atoms with van der Waals surface area (Å²) in [6.45, 7) is 12.2. The monoisotopic (exact) mass is 535 g/mol. The lowest BCUT2D eigenvalue weighted by atomic mass is 9.61. The quantitative estimate of drug-likeness (QED) is 0.571. The predicted molar refractivity (Wildman–Crippen MR) is 141 cm³/mol. The van der Waals surface area contributed by atoms with Gasteiger partial charge in [0.25, 0.3) is 0 Å². The highest BCUT2D eigenvalue weighted by Crippen LogP contribution is 2.51. The number of fused-ring (bicyclic) bond motifs is 1. The van der Waals surface area contributed by atoms with E-state index in [1.165, 1.54) is 0 Å². The van der Waals surface area contributed by atoms with Crippen molar-refractivity contribution in [1.29, 1.82) is 0 Å². The molecule has 3 aliphatic rings. The van der Waals surface area contributed by atoms with Gasteiger partial charge in [0.2, 0.25) is 5.91 Å². The Hall–Kier alpha value is -2.43. The Balaban J connectivity index is 1.77. The van der Waals surface area contributed by atoms with Gasteiger partial charge in [0.1, 0.15) is 5.84 Å². The average Bonchev–Trinajstić information content (AvgIpc) is 3.31. The molecule has 2 amide bonds. The Morgan fingerprint density at radius 1 is 1.24 bits per heavy atom. The summed E-state index contributed by atoms with van der Waals surface area (Å²) < 4.78 is 32.0. The Kier molecular flexibility index (Phi) is 7.74. The minimum absolute atomic E-state index is 0.0539. The van der Waals surface area contributed by atoms with E-state index in [1.807, 2.05) is 33.2 Å². The highest BCUT2D eigenvalue weighted by atomic mass is 32.2. The number of amides is 2. The molecule has 0 bridgehead atoms. The third kappa shape index (κ3) is 5.03. The van der Waals surface area contributed by atoms with Crippen molar-refractivity contribution in [3.8, 4) is 0 Å². The maximum absolute atomic E-state index is 13.4. The lowest BCUT2D eigenvalue weighted by Gasteiger charge is -2.56. The number of hydrogen-bond donors (Lipinski definition) is 0. The summed E-state index contributed by atoms with van der Waals surface area (Å²) in [5, 5.41) is 4.60. The van der Waals surface area contributed by atoms with Crippen LogP contribution in [0.2, 0.25) is 0 Å². The van der Waals surface area contributed by atoms with Crippen molar-refractivity contribution < 1.29 is 22.7 Å². The van der Waals surface area contributed by atoms with Crippen LogP contribution in [0.3, 0.4) is 0 Å². The normalized spacial score (nSPS) is 29.0. The van der Waals surface area contributed by atoms with Crippen molar-refractivity contribution in [2.75, 3.05) is 24.6 Å². The van der Waals surface area contributed by atoms with Gasteiger partial charge in [0, 0.05) is 37.5 Å². The van der Waals surface area contributed by atoms with E-state index < -0.39 is 27.4 Å². The molecule has 4 heterocycles. The summed E-state index contributed by atoms with van der Waals surface area (Å²) in [6.07, 6.45) is 6.08. The fourth-order valence-corrected chi connectivity index (χ4v) is 8.36. The molecule has 4 atom stereocenters. The number of amidine groups is 1. The molecular weight excluding hydrogens is 494 g/mol. The number of aromatic nitrogens is 2. The Morgan fingerprint density at radius 2 is 1.95 bits per heavy atom. The molecule has 0 radical (unpaired) electrons. The molecule has 2 saturated heterocycles. The summed E-state index contributed by atoms with van der Waals surface area (Å²) in [6, 6.07) is -0.814. The molecular formula is C26H41N5O5S. The van der Waals surface area contributed by atoms with Gasteiger partial charge in [-0.3, -0.25) is 24.3 Å². The first kappa shape index (κ1) is 27.6. The zero-order valence-corrected chi connectivity index (χ0v) is 23.7. The fourth-order valence-electron chi connectivity index (χ4n) is 6.68. The molecule has 3 unspecified atom stereocenters. The number of piperazine rings is 1. The lowest BCUT2D eigenvalue weighted by Crippen LogP contribution is -2.70. The minimum Gasteiger partial charge on any atom is -0.447 e. The van der Waals surface area contributed by atoms with Gasteiger partial charge in [-0.25, -0.2) is 13.2 Å². The van der Waals surface area contributed by atoms with Crippen molar-refractivity contribution in [2.45, 2.75) is 97.4 Å². The lowest BCUT2D eigenvalue weighted by molar-refractivity contribution is -0.128. The van der Waals surface area contributed by atoms with E-state index in [9.17, 15) is 18.0 Å². The first-order valence-electron chi connectivity index (χ1n) is 13.5. The third-order valence-corrected chi connectivity index (χ3v) is 10.2. The molecule has 1 aromatic heterocycles. The summed E-state index contributed by atoms with van der Waals surface area (Å²) in [5.74, 6) is 0.844. The van der Waals surface area contributed by atoms with Crippen LogP contribution in [0.4, 0.5) is 4.79 Å². The van der Waals surface area contributed by atoms with Gasteiger partial charge in [-0.2, -0.15) is 5.10 Å². The number of carbonyl (C=O) groups is 2. The van der Waals surface area contributed by atoms with Crippen molar-refractivity contribution in [3.63, 3.8) is 0 Å². The highest BCUT2D eigenvalue weighted by molar-refractivity contribution is 7.91. The van der Waals surface area contributed by atoms with Crippen LogP contribution in [0.5, 0.6) is 0 Å². The van der Waals surface area contributed by atoms with Gasteiger partial charge < -0.3 is 4.74 Å². The summed E-state index contributed by atoms with van der Waals surface area (Å²) in [5.41, 5.74) is 0.576. The van der Waals surface area contributed by atoms with Gasteiger partial charge >= 0.3 is 6.09 Å². The SMILES string of the molecule is CCC1(CC)C(c2cnn(C3CCCS(=O)(=O)C3)c2)CN=C2C1N(C(=O)OC(C)C)C[C@H](C)N2C(C)=O. The molecule has 11 heteroatoms. The van der Waals surface area contributed by atoms with Crippen LogP contribution in [0.1, 0.15) is 84.7 Å². The van der Waals surface area contributed by atoms with Crippen molar-refractivity contribution in [3.05, 3.63) is 18.0 Å². The maximum Gasteiger partial charge on any atom is 0.410 e. The van der Waals surface area contributed by atoms with Crippen LogP contribution >= 0.6 is 0 Å². The van der Waals surface area contributed by atoms with E-state index in [0.717, 1.165) is 24.8 Å². The molecule has 10 nitrogen and oxygen atoms in total. The maximum atomic E-state index is 13.4. The molecule has 37 heavy (non-hydrogen) atoms. The van der Waals surface area contributed by atoms with E-state index >= 15 is 0 Å².